The van der Waals surface area contributed by atoms with Crippen LogP contribution in [0, 0.1) is 0 Å². The molecule has 2 N–H and O–H groups in total. The SMILES string of the molecule is COCCNC(=O)NC(=O)COC(=O)c1ccc(N2CCC(C)=N2)cc1. The van der Waals surface area contributed by atoms with E-state index in [2.05, 4.69) is 15.7 Å². The average molecular weight is 362 g/mol. The number of benzene rings is 1. The highest BCUT2D eigenvalue weighted by Crippen LogP contribution is 2.20. The third-order valence-electron chi connectivity index (χ3n) is 3.56. The Morgan fingerprint density at radius 2 is 1.96 bits per heavy atom. The molecule has 0 spiro atoms. The molecule has 140 valence electrons. The summed E-state index contributed by atoms with van der Waals surface area (Å²) in [5.41, 5.74) is 2.25. The Morgan fingerprint density at radius 1 is 1.23 bits per heavy atom. The number of carbonyl (C=O) groups is 3. The number of esters is 1. The van der Waals surface area contributed by atoms with Gasteiger partial charge >= 0.3 is 12.0 Å². The molecule has 0 saturated carbocycles. The van der Waals surface area contributed by atoms with Gasteiger partial charge in [0.2, 0.25) is 0 Å². The van der Waals surface area contributed by atoms with Gasteiger partial charge in [-0.2, -0.15) is 5.10 Å². The van der Waals surface area contributed by atoms with Gasteiger partial charge in [-0.15, -0.1) is 0 Å². The molecular weight excluding hydrogens is 340 g/mol. The van der Waals surface area contributed by atoms with Gasteiger partial charge in [0.1, 0.15) is 0 Å². The third-order valence-corrected chi connectivity index (χ3v) is 3.56. The van der Waals surface area contributed by atoms with Crippen molar-refractivity contribution in [3.05, 3.63) is 29.8 Å². The van der Waals surface area contributed by atoms with E-state index in [0.29, 0.717) is 12.2 Å². The number of carbonyl (C=O) groups excluding carboxylic acids is 3. The molecule has 1 aromatic rings. The molecule has 0 atom stereocenters. The molecule has 2 rings (SSSR count). The summed E-state index contributed by atoms with van der Waals surface area (Å²) < 4.78 is 9.67. The smallest absolute Gasteiger partial charge is 0.338 e. The number of amides is 3. The van der Waals surface area contributed by atoms with Crippen LogP contribution in [-0.2, 0) is 14.3 Å². The second-order valence-electron chi connectivity index (χ2n) is 5.63. The maximum absolute atomic E-state index is 12.0. The minimum absolute atomic E-state index is 0.266. The fourth-order valence-electron chi connectivity index (χ4n) is 2.22. The summed E-state index contributed by atoms with van der Waals surface area (Å²) in [5, 5.41) is 10.7. The highest BCUT2D eigenvalue weighted by atomic mass is 16.5. The van der Waals surface area contributed by atoms with E-state index < -0.39 is 24.5 Å². The number of methoxy groups -OCH3 is 1. The van der Waals surface area contributed by atoms with Crippen molar-refractivity contribution in [2.45, 2.75) is 13.3 Å². The van der Waals surface area contributed by atoms with Crippen molar-refractivity contribution in [1.82, 2.24) is 10.6 Å². The lowest BCUT2D eigenvalue weighted by Gasteiger charge is -2.13. The van der Waals surface area contributed by atoms with E-state index in [1.54, 1.807) is 24.3 Å². The largest absolute Gasteiger partial charge is 0.452 e. The number of ether oxygens (including phenoxy) is 2. The van der Waals surface area contributed by atoms with Crippen LogP contribution in [0.3, 0.4) is 0 Å². The predicted molar refractivity (Wildman–Crippen MR) is 95.2 cm³/mol. The molecule has 1 aliphatic heterocycles. The zero-order valence-corrected chi connectivity index (χ0v) is 14.8. The third kappa shape index (κ3) is 5.85. The lowest BCUT2D eigenvalue weighted by atomic mass is 10.2. The average Bonchev–Trinajstić information content (AvgIpc) is 3.06. The van der Waals surface area contributed by atoms with Crippen molar-refractivity contribution in [2.24, 2.45) is 5.10 Å². The quantitative estimate of drug-likeness (QED) is 0.551. The van der Waals surface area contributed by atoms with Crippen LogP contribution in [0.25, 0.3) is 0 Å². The summed E-state index contributed by atoms with van der Waals surface area (Å²) in [6, 6.07) is 6.07. The van der Waals surface area contributed by atoms with Gasteiger partial charge in [-0.1, -0.05) is 0 Å². The van der Waals surface area contributed by atoms with Crippen molar-refractivity contribution < 1.29 is 23.9 Å². The van der Waals surface area contributed by atoms with Crippen molar-refractivity contribution >= 4 is 29.3 Å². The Morgan fingerprint density at radius 3 is 2.58 bits per heavy atom. The van der Waals surface area contributed by atoms with Crippen LogP contribution in [0.1, 0.15) is 23.7 Å². The zero-order valence-electron chi connectivity index (χ0n) is 14.8. The second-order valence-corrected chi connectivity index (χ2v) is 5.63. The maximum atomic E-state index is 12.0. The Hall–Kier alpha value is -2.94. The van der Waals surface area contributed by atoms with Gasteiger partial charge in [0.05, 0.1) is 17.9 Å². The highest BCUT2D eigenvalue weighted by Gasteiger charge is 2.15. The summed E-state index contributed by atoms with van der Waals surface area (Å²) >= 11 is 0. The van der Waals surface area contributed by atoms with E-state index in [0.717, 1.165) is 24.4 Å². The Balaban J connectivity index is 1.77. The summed E-state index contributed by atoms with van der Waals surface area (Å²) in [4.78, 5) is 34.9. The normalized spacial score (nSPS) is 13.2. The maximum Gasteiger partial charge on any atom is 0.338 e. The molecular formula is C17H22N4O5. The topological polar surface area (TPSA) is 109 Å². The van der Waals surface area contributed by atoms with Gasteiger partial charge < -0.3 is 14.8 Å². The molecule has 0 fully saturated rings. The van der Waals surface area contributed by atoms with E-state index in [1.165, 1.54) is 7.11 Å². The summed E-state index contributed by atoms with van der Waals surface area (Å²) in [5.74, 6) is -1.36. The van der Waals surface area contributed by atoms with Crippen LogP contribution < -0.4 is 15.6 Å². The van der Waals surface area contributed by atoms with Crippen LogP contribution in [0.15, 0.2) is 29.4 Å². The molecule has 0 aromatic heterocycles. The summed E-state index contributed by atoms with van der Waals surface area (Å²) in [7, 11) is 1.50. The van der Waals surface area contributed by atoms with Gasteiger partial charge in [0, 0.05) is 32.3 Å². The van der Waals surface area contributed by atoms with Crippen molar-refractivity contribution in [3.63, 3.8) is 0 Å². The minimum Gasteiger partial charge on any atom is -0.452 e. The van der Waals surface area contributed by atoms with Crippen LogP contribution in [0.2, 0.25) is 0 Å². The van der Waals surface area contributed by atoms with E-state index in [9.17, 15) is 14.4 Å². The van der Waals surface area contributed by atoms with E-state index in [1.807, 2.05) is 11.9 Å². The molecule has 0 bridgehead atoms. The second kappa shape index (κ2) is 9.52. The Bertz CT molecular complexity index is 687. The number of imide groups is 1. The zero-order chi connectivity index (χ0) is 18.9. The molecule has 9 heteroatoms. The van der Waals surface area contributed by atoms with Crippen molar-refractivity contribution in [1.29, 1.82) is 0 Å². The van der Waals surface area contributed by atoms with Gasteiger partial charge in [-0.05, 0) is 31.2 Å². The molecule has 1 aliphatic rings. The summed E-state index contributed by atoms with van der Waals surface area (Å²) in [6.45, 7) is 2.82. The number of hydrogen-bond donors (Lipinski definition) is 2. The first-order chi connectivity index (χ1) is 12.5. The first kappa shape index (κ1) is 19.4. The Labute approximate surface area is 151 Å². The first-order valence-corrected chi connectivity index (χ1v) is 8.15. The lowest BCUT2D eigenvalue weighted by Crippen LogP contribution is -2.42. The molecule has 0 saturated heterocycles. The van der Waals surface area contributed by atoms with E-state index in [4.69, 9.17) is 9.47 Å². The van der Waals surface area contributed by atoms with Crippen molar-refractivity contribution in [2.75, 3.05) is 38.4 Å². The predicted octanol–water partition coefficient (Wildman–Crippen LogP) is 0.902. The molecule has 3 amide bonds. The van der Waals surface area contributed by atoms with Crippen LogP contribution in [-0.4, -0.2) is 57.0 Å². The standard InChI is InChI=1S/C17H22N4O5/c1-12-7-9-21(20-12)14-5-3-13(4-6-14)16(23)26-11-15(22)19-17(24)18-8-10-25-2/h3-6H,7-11H2,1-2H3,(H2,18,19,22,24). The molecule has 9 nitrogen and oxygen atoms in total. The highest BCUT2D eigenvalue weighted by molar-refractivity contribution is 5.97. The summed E-state index contributed by atoms with van der Waals surface area (Å²) in [6.07, 6.45) is 0.915. The number of rotatable bonds is 7. The molecule has 26 heavy (non-hydrogen) atoms. The number of urea groups is 1. The van der Waals surface area contributed by atoms with Crippen molar-refractivity contribution in [3.8, 4) is 0 Å². The molecule has 0 radical (unpaired) electrons. The molecule has 0 aliphatic carbocycles. The molecule has 0 unspecified atom stereocenters. The fourth-order valence-corrected chi connectivity index (χ4v) is 2.22. The fraction of sp³-hybridized carbons (Fsp3) is 0.412. The van der Waals surface area contributed by atoms with E-state index in [-0.39, 0.29) is 6.54 Å². The van der Waals surface area contributed by atoms with Crippen LogP contribution in [0.5, 0.6) is 0 Å². The lowest BCUT2D eigenvalue weighted by molar-refractivity contribution is -0.123. The number of nitrogens with one attached hydrogen (secondary N) is 2. The molecule has 1 aromatic carbocycles. The number of anilines is 1. The van der Waals surface area contributed by atoms with Gasteiger partial charge in [0.25, 0.3) is 5.91 Å². The number of nitrogens with zero attached hydrogens (tertiary/aromatic N) is 2. The number of hydrazone groups is 1. The van der Waals surface area contributed by atoms with Gasteiger partial charge in [0.15, 0.2) is 6.61 Å². The van der Waals surface area contributed by atoms with Crippen LogP contribution in [0.4, 0.5) is 10.5 Å². The molecule has 1 heterocycles. The van der Waals surface area contributed by atoms with Gasteiger partial charge in [-0.25, -0.2) is 9.59 Å². The Kier molecular flexibility index (Phi) is 7.10. The first-order valence-electron chi connectivity index (χ1n) is 8.15. The van der Waals surface area contributed by atoms with Gasteiger partial charge in [-0.3, -0.25) is 15.1 Å². The van der Waals surface area contributed by atoms with Crippen LogP contribution >= 0.6 is 0 Å². The number of hydrogen-bond acceptors (Lipinski definition) is 7. The van der Waals surface area contributed by atoms with E-state index >= 15 is 0 Å². The minimum atomic E-state index is -0.716. The monoisotopic (exact) mass is 362 g/mol.